The lowest BCUT2D eigenvalue weighted by atomic mass is 9.87. The molecule has 2 fully saturated rings. The molecule has 2 aliphatic heterocycles. The largest absolute Gasteiger partial charge is 0.618 e. The van der Waals surface area contributed by atoms with Crippen LogP contribution in [0.15, 0.2) is 42.9 Å². The van der Waals surface area contributed by atoms with E-state index in [9.17, 15) is 5.21 Å². The quantitative estimate of drug-likeness (QED) is 0.336. The van der Waals surface area contributed by atoms with Gasteiger partial charge in [-0.3, -0.25) is 4.98 Å². The Morgan fingerprint density at radius 1 is 1.06 bits per heavy atom. The summed E-state index contributed by atoms with van der Waals surface area (Å²) < 4.78 is 14.6. The third-order valence-corrected chi connectivity index (χ3v) is 6.96. The monoisotopic (exact) mass is 444 g/mol. The van der Waals surface area contributed by atoms with Gasteiger partial charge in [0.2, 0.25) is 5.69 Å². The Hall–Kier alpha value is -3.03. The minimum atomic E-state index is -0.0150. The van der Waals surface area contributed by atoms with Crippen molar-refractivity contribution >= 4 is 21.7 Å². The van der Waals surface area contributed by atoms with E-state index in [-0.39, 0.29) is 12.1 Å². The molecule has 1 unspecified atom stereocenters. The predicted molar refractivity (Wildman–Crippen MR) is 126 cm³/mol. The van der Waals surface area contributed by atoms with Gasteiger partial charge in [0.25, 0.3) is 0 Å². The zero-order chi connectivity index (χ0) is 22.4. The maximum atomic E-state index is 13.4. The Kier molecular flexibility index (Phi) is 5.23. The Labute approximate surface area is 192 Å². The number of hydrogen-bond donors (Lipinski definition) is 0. The van der Waals surface area contributed by atoms with Crippen molar-refractivity contribution in [3.05, 3.63) is 59.5 Å². The fourth-order valence-electron chi connectivity index (χ4n) is 5.31. The summed E-state index contributed by atoms with van der Waals surface area (Å²) in [4.78, 5) is 4.38. The van der Waals surface area contributed by atoms with Gasteiger partial charge in [0.05, 0.1) is 17.0 Å². The van der Waals surface area contributed by atoms with Crippen LogP contribution in [0, 0.1) is 12.1 Å². The smallest absolute Gasteiger partial charge is 0.204 e. The number of nitrogens with zero attached hydrogens (tertiary/aromatic N) is 4. The zero-order valence-electron chi connectivity index (χ0n) is 18.9. The Morgan fingerprint density at radius 2 is 1.94 bits per heavy atom. The topological polar surface area (TPSA) is 76.1 Å². The molecule has 1 atom stereocenters. The lowest BCUT2D eigenvalue weighted by molar-refractivity contribution is -0.613. The van der Waals surface area contributed by atoms with Crippen LogP contribution in [0.4, 0.5) is 0 Å². The van der Waals surface area contributed by atoms with Crippen LogP contribution in [0.3, 0.4) is 0 Å². The molecule has 7 heteroatoms. The second kappa shape index (κ2) is 8.39. The molecule has 2 saturated heterocycles. The molecule has 1 aromatic carbocycles. The SMILES string of the molecule is Cc1cc(-c2c(C3CCOCC3)[n+]([O-])cc3cc4nn(C5CCCCO5)cc4cc23)ccn1. The van der Waals surface area contributed by atoms with Gasteiger partial charge in [-0.05, 0) is 68.9 Å². The first kappa shape index (κ1) is 20.6. The molecule has 6 rings (SSSR count). The summed E-state index contributed by atoms with van der Waals surface area (Å²) in [5.74, 6) is 0.165. The van der Waals surface area contributed by atoms with Crippen molar-refractivity contribution in [2.75, 3.05) is 19.8 Å². The van der Waals surface area contributed by atoms with Crippen LogP contribution in [0.2, 0.25) is 0 Å². The normalized spacial score (nSPS) is 20.0. The van der Waals surface area contributed by atoms with Gasteiger partial charge in [-0.15, -0.1) is 0 Å². The van der Waals surface area contributed by atoms with Gasteiger partial charge in [-0.2, -0.15) is 9.83 Å². The molecule has 170 valence electrons. The van der Waals surface area contributed by atoms with E-state index in [0.29, 0.717) is 13.2 Å². The fourth-order valence-corrected chi connectivity index (χ4v) is 5.31. The van der Waals surface area contributed by atoms with Gasteiger partial charge in [-0.1, -0.05) is 0 Å². The second-order valence-corrected chi connectivity index (χ2v) is 9.22. The van der Waals surface area contributed by atoms with E-state index in [1.54, 1.807) is 6.20 Å². The average molecular weight is 445 g/mol. The molecule has 0 radical (unpaired) electrons. The molecule has 0 N–H and O–H groups in total. The highest BCUT2D eigenvalue weighted by Gasteiger charge is 2.30. The lowest BCUT2D eigenvalue weighted by Gasteiger charge is -2.24. The van der Waals surface area contributed by atoms with E-state index in [0.717, 1.165) is 87.6 Å². The van der Waals surface area contributed by atoms with E-state index < -0.39 is 0 Å². The molecule has 0 amide bonds. The van der Waals surface area contributed by atoms with Crippen molar-refractivity contribution in [3.63, 3.8) is 0 Å². The molecule has 0 saturated carbocycles. The Morgan fingerprint density at radius 3 is 2.73 bits per heavy atom. The first-order valence-corrected chi connectivity index (χ1v) is 11.9. The van der Waals surface area contributed by atoms with Crippen LogP contribution in [0.5, 0.6) is 0 Å². The van der Waals surface area contributed by atoms with Crippen LogP contribution >= 0.6 is 0 Å². The second-order valence-electron chi connectivity index (χ2n) is 9.22. The van der Waals surface area contributed by atoms with E-state index >= 15 is 0 Å². The Balaban J connectivity index is 1.58. The molecule has 3 aromatic heterocycles. The molecule has 4 aromatic rings. The number of fused-ring (bicyclic) bond motifs is 2. The molecule has 7 nitrogen and oxygen atoms in total. The average Bonchev–Trinajstić information content (AvgIpc) is 3.26. The zero-order valence-corrected chi connectivity index (χ0v) is 18.9. The van der Waals surface area contributed by atoms with E-state index in [2.05, 4.69) is 23.3 Å². The summed E-state index contributed by atoms with van der Waals surface area (Å²) >= 11 is 0. The first-order chi connectivity index (χ1) is 16.2. The van der Waals surface area contributed by atoms with Crippen LogP contribution in [-0.2, 0) is 9.47 Å². The number of aryl methyl sites for hydroxylation is 1. The number of aromatic nitrogens is 4. The van der Waals surface area contributed by atoms with Gasteiger partial charge in [0.15, 0.2) is 6.20 Å². The summed E-state index contributed by atoms with van der Waals surface area (Å²) in [7, 11) is 0. The van der Waals surface area contributed by atoms with Crippen molar-refractivity contribution in [1.29, 1.82) is 0 Å². The standard InChI is InChI=1S/C26H28N4O3/c1-17-12-19(5-8-27-17)25-22-13-21-15-29(24-4-2-3-9-33-24)28-23(21)14-20(22)16-30(31)26(25)18-6-10-32-11-7-18/h5,8,12-16,18,24H,2-4,6-7,9-11H2,1H3. The fraction of sp³-hybridized carbons (Fsp3) is 0.423. The summed E-state index contributed by atoms with van der Waals surface area (Å²) in [6.45, 7) is 4.13. The number of rotatable bonds is 3. The predicted octanol–water partition coefficient (Wildman–Crippen LogP) is 4.79. The van der Waals surface area contributed by atoms with Crippen molar-refractivity contribution < 1.29 is 14.2 Å². The highest BCUT2D eigenvalue weighted by Crippen LogP contribution is 2.39. The van der Waals surface area contributed by atoms with E-state index in [1.165, 1.54) is 0 Å². The molecule has 5 heterocycles. The molecule has 0 spiro atoms. The molecule has 2 aliphatic rings. The number of pyridine rings is 2. The summed E-state index contributed by atoms with van der Waals surface area (Å²) in [5, 5.41) is 21.2. The molecule has 33 heavy (non-hydrogen) atoms. The highest BCUT2D eigenvalue weighted by atomic mass is 16.5. The first-order valence-electron chi connectivity index (χ1n) is 11.9. The summed E-state index contributed by atoms with van der Waals surface area (Å²) in [6.07, 6.45) is 10.5. The van der Waals surface area contributed by atoms with Crippen LogP contribution in [-0.4, -0.2) is 34.6 Å². The highest BCUT2D eigenvalue weighted by molar-refractivity contribution is 6.03. The Bertz CT molecular complexity index is 1320. The summed E-state index contributed by atoms with van der Waals surface area (Å²) in [5.41, 5.74) is 4.68. The van der Waals surface area contributed by atoms with E-state index in [4.69, 9.17) is 14.6 Å². The van der Waals surface area contributed by atoms with Gasteiger partial charge in [0.1, 0.15) is 6.23 Å². The van der Waals surface area contributed by atoms with Crippen molar-refractivity contribution in [3.8, 4) is 11.1 Å². The maximum Gasteiger partial charge on any atom is 0.204 e. The summed E-state index contributed by atoms with van der Waals surface area (Å²) in [6, 6.07) is 8.30. The molecule has 0 bridgehead atoms. The van der Waals surface area contributed by atoms with Crippen LogP contribution < -0.4 is 4.73 Å². The lowest BCUT2D eigenvalue weighted by Crippen LogP contribution is -2.36. The minimum absolute atomic E-state index is 0.0150. The minimum Gasteiger partial charge on any atom is -0.618 e. The molecular weight excluding hydrogens is 416 g/mol. The van der Waals surface area contributed by atoms with Crippen molar-refractivity contribution in [2.45, 2.75) is 51.2 Å². The van der Waals surface area contributed by atoms with Crippen molar-refractivity contribution in [1.82, 2.24) is 14.8 Å². The molecule has 0 aliphatic carbocycles. The molecular formula is C26H28N4O3. The van der Waals surface area contributed by atoms with Gasteiger partial charge >= 0.3 is 0 Å². The van der Waals surface area contributed by atoms with Gasteiger partial charge < -0.3 is 14.7 Å². The third-order valence-electron chi connectivity index (χ3n) is 6.96. The number of hydrogen-bond acceptors (Lipinski definition) is 5. The number of ether oxygens (including phenoxy) is 2. The van der Waals surface area contributed by atoms with Crippen molar-refractivity contribution in [2.24, 2.45) is 0 Å². The van der Waals surface area contributed by atoms with Crippen LogP contribution in [0.1, 0.15) is 55.6 Å². The van der Waals surface area contributed by atoms with Gasteiger partial charge in [-0.25, -0.2) is 4.68 Å². The number of benzene rings is 1. The van der Waals surface area contributed by atoms with E-state index in [1.807, 2.05) is 29.9 Å². The maximum absolute atomic E-state index is 13.4. The van der Waals surface area contributed by atoms with Crippen LogP contribution in [0.25, 0.3) is 32.8 Å². The third kappa shape index (κ3) is 3.75. The van der Waals surface area contributed by atoms with Gasteiger partial charge in [0, 0.05) is 54.1 Å².